The highest BCUT2D eigenvalue weighted by molar-refractivity contribution is 7.99. The minimum absolute atomic E-state index is 0.0912. The topological polar surface area (TPSA) is 78.4 Å². The normalized spacial score (nSPS) is 20.7. The minimum atomic E-state index is -0.912. The van der Waals surface area contributed by atoms with Gasteiger partial charge in [-0.15, -0.1) is 11.3 Å². The van der Waals surface area contributed by atoms with Crippen molar-refractivity contribution in [2.45, 2.75) is 18.5 Å². The van der Waals surface area contributed by atoms with E-state index in [-0.39, 0.29) is 18.4 Å². The number of nitrogens with one attached hydrogen (secondary N) is 2. The number of rotatable bonds is 5. The molecule has 1 saturated heterocycles. The van der Waals surface area contributed by atoms with E-state index in [1.165, 1.54) is 11.3 Å². The third kappa shape index (κ3) is 4.22. The first kappa shape index (κ1) is 14.4. The van der Waals surface area contributed by atoms with E-state index in [0.29, 0.717) is 0 Å². The summed E-state index contributed by atoms with van der Waals surface area (Å²) in [4.78, 5) is 23.9. The van der Waals surface area contributed by atoms with Crippen molar-refractivity contribution in [3.63, 3.8) is 0 Å². The number of thiophene rings is 1. The number of thioether (sulfide) groups is 1. The molecule has 2 heterocycles. The van der Waals surface area contributed by atoms with Gasteiger partial charge < -0.3 is 15.7 Å². The van der Waals surface area contributed by atoms with E-state index in [4.69, 9.17) is 5.11 Å². The molecule has 5 nitrogen and oxygen atoms in total. The van der Waals surface area contributed by atoms with E-state index in [1.54, 1.807) is 11.8 Å². The molecule has 0 radical (unpaired) electrons. The number of carbonyl (C=O) groups is 2. The average molecular weight is 300 g/mol. The van der Waals surface area contributed by atoms with Crippen LogP contribution in [0.3, 0.4) is 0 Å². The van der Waals surface area contributed by atoms with Crippen LogP contribution in [0, 0.1) is 0 Å². The molecule has 0 bridgehead atoms. The molecule has 1 aromatic rings. The molecule has 2 unspecified atom stereocenters. The maximum absolute atomic E-state index is 12.1. The highest BCUT2D eigenvalue weighted by Crippen LogP contribution is 2.22. The molecule has 0 spiro atoms. The Balaban J connectivity index is 1.99. The number of aliphatic carboxylic acids is 1. The molecule has 0 saturated carbocycles. The zero-order valence-corrected chi connectivity index (χ0v) is 11.9. The molecule has 1 aliphatic rings. The maximum Gasteiger partial charge on any atom is 0.305 e. The van der Waals surface area contributed by atoms with Crippen LogP contribution in [0.25, 0.3) is 0 Å². The third-order valence-corrected chi connectivity index (χ3v) is 4.87. The van der Waals surface area contributed by atoms with Crippen molar-refractivity contribution < 1.29 is 14.7 Å². The molecule has 0 aromatic carbocycles. The molecule has 2 atom stereocenters. The molecule has 19 heavy (non-hydrogen) atoms. The van der Waals surface area contributed by atoms with E-state index in [1.807, 2.05) is 17.5 Å². The summed E-state index contributed by atoms with van der Waals surface area (Å²) in [6, 6.07) is 3.03. The fourth-order valence-electron chi connectivity index (χ4n) is 1.89. The number of hydrogen-bond donors (Lipinski definition) is 3. The fourth-order valence-corrected chi connectivity index (χ4v) is 3.60. The van der Waals surface area contributed by atoms with E-state index < -0.39 is 12.0 Å². The zero-order chi connectivity index (χ0) is 13.7. The summed E-state index contributed by atoms with van der Waals surface area (Å²) >= 11 is 3.19. The highest BCUT2D eigenvalue weighted by Gasteiger charge is 2.25. The van der Waals surface area contributed by atoms with E-state index in [2.05, 4.69) is 10.6 Å². The summed E-state index contributed by atoms with van der Waals surface area (Å²) in [7, 11) is 0. The molecule has 104 valence electrons. The number of carboxylic acids is 1. The molecule has 1 aliphatic heterocycles. The molecule has 0 aliphatic carbocycles. The predicted octanol–water partition coefficient (Wildman–Crippen LogP) is 1.09. The second kappa shape index (κ2) is 6.93. The molecule has 3 N–H and O–H groups in total. The lowest BCUT2D eigenvalue weighted by Crippen LogP contribution is -2.49. The van der Waals surface area contributed by atoms with Crippen molar-refractivity contribution in [1.29, 1.82) is 0 Å². The van der Waals surface area contributed by atoms with Gasteiger partial charge in [-0.3, -0.25) is 9.59 Å². The van der Waals surface area contributed by atoms with Gasteiger partial charge in [-0.2, -0.15) is 11.8 Å². The summed E-state index contributed by atoms with van der Waals surface area (Å²) in [6.45, 7) is 0.811. The Morgan fingerprint density at radius 1 is 1.58 bits per heavy atom. The minimum Gasteiger partial charge on any atom is -0.481 e. The van der Waals surface area contributed by atoms with Crippen molar-refractivity contribution in [2.24, 2.45) is 0 Å². The van der Waals surface area contributed by atoms with Crippen LogP contribution in [0.15, 0.2) is 17.5 Å². The second-order valence-corrected chi connectivity index (χ2v) is 6.39. The van der Waals surface area contributed by atoms with E-state index in [0.717, 1.165) is 22.9 Å². The van der Waals surface area contributed by atoms with Gasteiger partial charge in [0.15, 0.2) is 0 Å². The quantitative estimate of drug-likeness (QED) is 0.758. The number of hydrogen-bond acceptors (Lipinski definition) is 5. The number of amides is 1. The summed E-state index contributed by atoms with van der Waals surface area (Å²) in [5.74, 6) is 0.708. The van der Waals surface area contributed by atoms with Crippen LogP contribution in [0.1, 0.15) is 17.3 Å². The van der Waals surface area contributed by atoms with Crippen molar-refractivity contribution in [1.82, 2.24) is 10.6 Å². The first-order valence-electron chi connectivity index (χ1n) is 6.03. The second-order valence-electron chi connectivity index (χ2n) is 4.26. The Hall–Kier alpha value is -1.05. The summed E-state index contributed by atoms with van der Waals surface area (Å²) < 4.78 is 0. The average Bonchev–Trinajstić information content (AvgIpc) is 2.92. The van der Waals surface area contributed by atoms with Crippen LogP contribution >= 0.6 is 23.1 Å². The van der Waals surface area contributed by atoms with Crippen molar-refractivity contribution in [2.75, 3.05) is 18.1 Å². The number of carboxylic acid groups (broad SMARTS) is 1. The standard InChI is InChI=1S/C12H16N2O3S2/c15-11(16)6-8(10-2-1-4-19-10)14-12(17)9-7-18-5-3-13-9/h1-2,4,8-9,13H,3,5-7H2,(H,14,17)(H,15,16). The Labute approximate surface area is 119 Å². The van der Waals surface area contributed by atoms with Crippen LogP contribution in [0.4, 0.5) is 0 Å². The van der Waals surface area contributed by atoms with Crippen LogP contribution in [0.5, 0.6) is 0 Å². The van der Waals surface area contributed by atoms with Crippen molar-refractivity contribution >= 4 is 35.0 Å². The largest absolute Gasteiger partial charge is 0.481 e. The van der Waals surface area contributed by atoms with Gasteiger partial charge in [0.2, 0.25) is 5.91 Å². The number of carbonyl (C=O) groups excluding carboxylic acids is 1. The molecule has 1 aromatic heterocycles. The van der Waals surface area contributed by atoms with Gasteiger partial charge in [0, 0.05) is 22.9 Å². The Bertz CT molecular complexity index is 430. The summed E-state index contributed by atoms with van der Waals surface area (Å²) in [5, 5.41) is 16.8. The van der Waals surface area contributed by atoms with Crippen molar-refractivity contribution in [3.8, 4) is 0 Å². The van der Waals surface area contributed by atoms with Gasteiger partial charge in [0.1, 0.15) is 0 Å². The third-order valence-electron chi connectivity index (χ3n) is 2.82. The zero-order valence-electron chi connectivity index (χ0n) is 10.3. The van der Waals surface area contributed by atoms with Crippen LogP contribution in [0.2, 0.25) is 0 Å². The van der Waals surface area contributed by atoms with Gasteiger partial charge in [0.25, 0.3) is 0 Å². The van der Waals surface area contributed by atoms with Gasteiger partial charge in [-0.1, -0.05) is 6.07 Å². The van der Waals surface area contributed by atoms with E-state index in [9.17, 15) is 9.59 Å². The van der Waals surface area contributed by atoms with Gasteiger partial charge in [-0.05, 0) is 11.4 Å². The molecule has 1 amide bonds. The molecule has 7 heteroatoms. The van der Waals surface area contributed by atoms with Gasteiger partial charge >= 0.3 is 5.97 Å². The fraction of sp³-hybridized carbons (Fsp3) is 0.500. The van der Waals surface area contributed by atoms with Gasteiger partial charge in [0.05, 0.1) is 18.5 Å². The molecule has 1 fully saturated rings. The molecule has 2 rings (SSSR count). The lowest BCUT2D eigenvalue weighted by molar-refractivity contribution is -0.137. The SMILES string of the molecule is O=C(O)CC(NC(=O)C1CSCCN1)c1cccs1. The smallest absolute Gasteiger partial charge is 0.305 e. The van der Waals surface area contributed by atoms with Crippen molar-refractivity contribution in [3.05, 3.63) is 22.4 Å². The predicted molar refractivity (Wildman–Crippen MR) is 76.6 cm³/mol. The summed E-state index contributed by atoms with van der Waals surface area (Å²) in [6.07, 6.45) is -0.0912. The van der Waals surface area contributed by atoms with Crippen LogP contribution in [-0.4, -0.2) is 41.1 Å². The Morgan fingerprint density at radius 2 is 2.42 bits per heavy atom. The highest BCUT2D eigenvalue weighted by atomic mass is 32.2. The van der Waals surface area contributed by atoms with Gasteiger partial charge in [-0.25, -0.2) is 0 Å². The molecular formula is C12H16N2O3S2. The summed E-state index contributed by atoms with van der Waals surface area (Å²) in [5.41, 5.74) is 0. The Morgan fingerprint density at radius 3 is 3.00 bits per heavy atom. The molecular weight excluding hydrogens is 284 g/mol. The lowest BCUT2D eigenvalue weighted by atomic mass is 10.1. The van der Waals surface area contributed by atoms with Crippen LogP contribution in [-0.2, 0) is 9.59 Å². The monoisotopic (exact) mass is 300 g/mol. The first-order valence-corrected chi connectivity index (χ1v) is 8.07. The lowest BCUT2D eigenvalue weighted by Gasteiger charge is -2.24. The maximum atomic E-state index is 12.1. The van der Waals surface area contributed by atoms with Crippen LogP contribution < -0.4 is 10.6 Å². The first-order chi connectivity index (χ1) is 9.16. The van der Waals surface area contributed by atoms with E-state index >= 15 is 0 Å². The Kier molecular flexibility index (Phi) is 5.24.